The van der Waals surface area contributed by atoms with E-state index < -0.39 is 0 Å². The molecule has 0 aliphatic heterocycles. The molecule has 0 saturated heterocycles. The van der Waals surface area contributed by atoms with E-state index in [9.17, 15) is 4.79 Å². The van der Waals surface area contributed by atoms with Crippen molar-refractivity contribution in [2.75, 3.05) is 19.8 Å². The molecular formula is C18H19ClN4O2. The molecule has 2 aromatic heterocycles. The molecule has 0 saturated carbocycles. The average Bonchev–Trinajstić information content (AvgIpc) is 3.05. The van der Waals surface area contributed by atoms with Crippen LogP contribution in [0.15, 0.2) is 42.6 Å². The van der Waals surface area contributed by atoms with Crippen LogP contribution >= 0.6 is 11.6 Å². The van der Waals surface area contributed by atoms with E-state index in [2.05, 4.69) is 15.5 Å². The van der Waals surface area contributed by atoms with E-state index in [1.54, 1.807) is 18.3 Å². The van der Waals surface area contributed by atoms with Gasteiger partial charge >= 0.3 is 0 Å². The largest absolute Gasteiger partial charge is 0.382 e. The number of carbonyl (C=O) groups is 1. The van der Waals surface area contributed by atoms with E-state index in [0.29, 0.717) is 41.8 Å². The van der Waals surface area contributed by atoms with Crippen LogP contribution in [0.2, 0.25) is 5.02 Å². The predicted molar refractivity (Wildman–Crippen MR) is 96.9 cm³/mol. The maximum Gasteiger partial charge on any atom is 0.251 e. The zero-order valence-electron chi connectivity index (χ0n) is 13.9. The lowest BCUT2D eigenvalue weighted by atomic mass is 10.2. The van der Waals surface area contributed by atoms with Gasteiger partial charge in [-0.1, -0.05) is 11.6 Å². The molecule has 0 unspecified atom stereocenters. The molecule has 1 amide bonds. The minimum atomic E-state index is -0.130. The van der Waals surface area contributed by atoms with Crippen LogP contribution in [0.4, 0.5) is 0 Å². The molecule has 0 spiro atoms. The summed E-state index contributed by atoms with van der Waals surface area (Å²) in [6.07, 6.45) is 2.59. The Bertz CT molecular complexity index is 861. The topological polar surface area (TPSA) is 68.5 Å². The second kappa shape index (κ2) is 8.09. The summed E-state index contributed by atoms with van der Waals surface area (Å²) >= 11 is 5.92. The first kappa shape index (κ1) is 17.4. The number of fused-ring (bicyclic) bond motifs is 1. The maximum atomic E-state index is 12.2. The van der Waals surface area contributed by atoms with Gasteiger partial charge in [-0.25, -0.2) is 0 Å². The van der Waals surface area contributed by atoms with Crippen LogP contribution in [-0.4, -0.2) is 40.3 Å². The van der Waals surface area contributed by atoms with Gasteiger partial charge in [-0.3, -0.25) is 9.20 Å². The number of rotatable bonds is 7. The number of ether oxygens (including phenoxy) is 1. The lowest BCUT2D eigenvalue weighted by molar-refractivity contribution is 0.0944. The number of hydrogen-bond donors (Lipinski definition) is 1. The van der Waals surface area contributed by atoms with E-state index in [0.717, 1.165) is 12.0 Å². The van der Waals surface area contributed by atoms with E-state index in [-0.39, 0.29) is 5.91 Å². The summed E-state index contributed by atoms with van der Waals surface area (Å²) in [5.74, 6) is 0.574. The first-order valence-electron chi connectivity index (χ1n) is 8.15. The molecule has 0 fully saturated rings. The Morgan fingerprint density at radius 1 is 1.24 bits per heavy atom. The van der Waals surface area contributed by atoms with Crippen molar-refractivity contribution < 1.29 is 9.53 Å². The zero-order chi connectivity index (χ0) is 17.6. The van der Waals surface area contributed by atoms with E-state index in [4.69, 9.17) is 16.3 Å². The fourth-order valence-electron chi connectivity index (χ4n) is 2.45. The smallest absolute Gasteiger partial charge is 0.251 e. The van der Waals surface area contributed by atoms with Gasteiger partial charge in [-0.15, -0.1) is 10.2 Å². The monoisotopic (exact) mass is 358 g/mol. The molecule has 3 rings (SSSR count). The van der Waals surface area contributed by atoms with Gasteiger partial charge in [0.15, 0.2) is 11.5 Å². The van der Waals surface area contributed by atoms with Crippen LogP contribution < -0.4 is 5.32 Å². The molecular weight excluding hydrogens is 340 g/mol. The standard InChI is InChI=1S/C18H19ClN4O2/c1-2-25-11-3-9-20-18(24)14-8-10-23-16(12-14)21-22-17(23)13-4-6-15(19)7-5-13/h4-8,10,12H,2-3,9,11H2,1H3,(H,20,24). The first-order chi connectivity index (χ1) is 12.2. The first-order valence-corrected chi connectivity index (χ1v) is 8.53. The molecule has 3 aromatic rings. The highest BCUT2D eigenvalue weighted by atomic mass is 35.5. The number of amides is 1. The lowest BCUT2D eigenvalue weighted by Gasteiger charge is -2.06. The molecule has 0 atom stereocenters. The highest BCUT2D eigenvalue weighted by molar-refractivity contribution is 6.30. The van der Waals surface area contributed by atoms with E-state index >= 15 is 0 Å². The maximum absolute atomic E-state index is 12.2. The van der Waals surface area contributed by atoms with Crippen molar-refractivity contribution in [1.82, 2.24) is 19.9 Å². The van der Waals surface area contributed by atoms with Gasteiger partial charge in [-0.05, 0) is 49.7 Å². The van der Waals surface area contributed by atoms with Crippen LogP contribution in [0.5, 0.6) is 0 Å². The van der Waals surface area contributed by atoms with E-state index in [1.165, 1.54) is 0 Å². The molecule has 0 aliphatic carbocycles. The molecule has 130 valence electrons. The molecule has 25 heavy (non-hydrogen) atoms. The van der Waals surface area contributed by atoms with Crippen molar-refractivity contribution in [3.63, 3.8) is 0 Å². The van der Waals surface area contributed by atoms with Gasteiger partial charge < -0.3 is 10.1 Å². The number of benzene rings is 1. The van der Waals surface area contributed by atoms with Gasteiger partial charge in [0, 0.05) is 42.1 Å². The van der Waals surface area contributed by atoms with Crippen LogP contribution in [-0.2, 0) is 4.74 Å². The molecule has 1 aromatic carbocycles. The summed E-state index contributed by atoms with van der Waals surface area (Å²) in [7, 11) is 0. The number of hydrogen-bond acceptors (Lipinski definition) is 4. The van der Waals surface area contributed by atoms with E-state index in [1.807, 2.05) is 35.6 Å². The third-order valence-electron chi connectivity index (χ3n) is 3.73. The predicted octanol–water partition coefficient (Wildman–Crippen LogP) is 3.21. The quantitative estimate of drug-likeness (QED) is 0.658. The molecule has 1 N–H and O–H groups in total. The summed E-state index contributed by atoms with van der Waals surface area (Å²) in [6, 6.07) is 10.9. The third kappa shape index (κ3) is 4.15. The van der Waals surface area contributed by atoms with Gasteiger partial charge in [-0.2, -0.15) is 0 Å². The second-order valence-electron chi connectivity index (χ2n) is 5.48. The van der Waals surface area contributed by atoms with Gasteiger partial charge in [0.1, 0.15) is 0 Å². The van der Waals surface area contributed by atoms with Crippen molar-refractivity contribution >= 4 is 23.2 Å². The molecule has 7 heteroatoms. The summed E-state index contributed by atoms with van der Waals surface area (Å²) in [5, 5.41) is 11.9. The Kier molecular flexibility index (Phi) is 5.63. The Hall–Kier alpha value is -2.44. The minimum Gasteiger partial charge on any atom is -0.382 e. The molecule has 0 aliphatic rings. The fourth-order valence-corrected chi connectivity index (χ4v) is 2.58. The minimum absolute atomic E-state index is 0.130. The number of pyridine rings is 1. The van der Waals surface area contributed by atoms with Crippen molar-refractivity contribution in [2.24, 2.45) is 0 Å². The van der Waals surface area contributed by atoms with Gasteiger partial charge in [0.25, 0.3) is 5.91 Å². The third-order valence-corrected chi connectivity index (χ3v) is 3.98. The zero-order valence-corrected chi connectivity index (χ0v) is 14.7. The summed E-state index contributed by atoms with van der Waals surface area (Å²) in [6.45, 7) is 3.86. The molecule has 2 heterocycles. The SMILES string of the molecule is CCOCCCNC(=O)c1ccn2c(-c3ccc(Cl)cc3)nnc2c1. The fraction of sp³-hybridized carbons (Fsp3) is 0.278. The number of carbonyl (C=O) groups excluding carboxylic acids is 1. The molecule has 0 bridgehead atoms. The Morgan fingerprint density at radius 3 is 2.80 bits per heavy atom. The second-order valence-corrected chi connectivity index (χ2v) is 5.92. The van der Waals surface area contributed by atoms with Crippen molar-refractivity contribution in [1.29, 1.82) is 0 Å². The summed E-state index contributed by atoms with van der Waals surface area (Å²) in [4.78, 5) is 12.2. The van der Waals surface area contributed by atoms with Gasteiger partial charge in [0.05, 0.1) is 0 Å². The Balaban J connectivity index is 1.73. The summed E-state index contributed by atoms with van der Waals surface area (Å²) in [5.41, 5.74) is 2.08. The Morgan fingerprint density at radius 2 is 2.04 bits per heavy atom. The van der Waals surface area contributed by atoms with Crippen molar-refractivity contribution in [2.45, 2.75) is 13.3 Å². The summed E-state index contributed by atoms with van der Waals surface area (Å²) < 4.78 is 7.09. The number of aromatic nitrogens is 3. The van der Waals surface area contributed by atoms with Crippen LogP contribution in [0, 0.1) is 0 Å². The normalized spacial score (nSPS) is 11.0. The average molecular weight is 359 g/mol. The highest BCUT2D eigenvalue weighted by Gasteiger charge is 2.11. The van der Waals surface area contributed by atoms with Crippen LogP contribution in [0.25, 0.3) is 17.0 Å². The van der Waals surface area contributed by atoms with Crippen molar-refractivity contribution in [3.8, 4) is 11.4 Å². The van der Waals surface area contributed by atoms with Crippen LogP contribution in [0.3, 0.4) is 0 Å². The molecule has 6 nitrogen and oxygen atoms in total. The number of nitrogens with one attached hydrogen (secondary N) is 1. The Labute approximate surface area is 150 Å². The number of nitrogens with zero attached hydrogens (tertiary/aromatic N) is 3. The molecule has 0 radical (unpaired) electrons. The van der Waals surface area contributed by atoms with Crippen molar-refractivity contribution in [3.05, 3.63) is 53.2 Å². The van der Waals surface area contributed by atoms with Gasteiger partial charge in [0.2, 0.25) is 0 Å². The highest BCUT2D eigenvalue weighted by Crippen LogP contribution is 2.21. The van der Waals surface area contributed by atoms with Crippen LogP contribution in [0.1, 0.15) is 23.7 Å². The lowest BCUT2D eigenvalue weighted by Crippen LogP contribution is -2.25. The number of halogens is 1.